The van der Waals surface area contributed by atoms with Gasteiger partial charge in [-0.15, -0.1) is 0 Å². The van der Waals surface area contributed by atoms with E-state index in [1.807, 2.05) is 19.9 Å². The predicted octanol–water partition coefficient (Wildman–Crippen LogP) is 3.10. The molecule has 12 heavy (non-hydrogen) atoms. The van der Waals surface area contributed by atoms with Crippen molar-refractivity contribution in [3.63, 3.8) is 0 Å². The highest BCUT2D eigenvalue weighted by Gasteiger charge is 2.08. The van der Waals surface area contributed by atoms with Crippen molar-refractivity contribution < 1.29 is 4.42 Å². The summed E-state index contributed by atoms with van der Waals surface area (Å²) in [7, 11) is 0. The first-order chi connectivity index (χ1) is 5.70. The van der Waals surface area contributed by atoms with E-state index >= 15 is 0 Å². The number of halogens is 1. The normalized spacial score (nSPS) is 10.9. The zero-order chi connectivity index (χ0) is 8.72. The first-order valence-electron chi connectivity index (χ1n) is 3.69. The van der Waals surface area contributed by atoms with Gasteiger partial charge in [0.05, 0.1) is 0 Å². The molecule has 0 aliphatic heterocycles. The van der Waals surface area contributed by atoms with Gasteiger partial charge in [0, 0.05) is 5.02 Å². The van der Waals surface area contributed by atoms with Crippen LogP contribution in [0.1, 0.15) is 11.1 Å². The van der Waals surface area contributed by atoms with Crippen molar-refractivity contribution in [1.82, 2.24) is 4.98 Å². The Labute approximate surface area is 75.2 Å². The van der Waals surface area contributed by atoms with Crippen LogP contribution >= 0.6 is 11.6 Å². The number of hydrogen-bond acceptors (Lipinski definition) is 2. The number of fused-ring (bicyclic) bond motifs is 1. The molecule has 0 aliphatic carbocycles. The van der Waals surface area contributed by atoms with E-state index in [2.05, 4.69) is 4.98 Å². The van der Waals surface area contributed by atoms with E-state index in [0.717, 1.165) is 27.2 Å². The molecule has 62 valence electrons. The van der Waals surface area contributed by atoms with Crippen molar-refractivity contribution in [1.29, 1.82) is 0 Å². The SMILES string of the molecule is Cc1cc2ocnc2c(C)c1Cl. The summed E-state index contributed by atoms with van der Waals surface area (Å²) in [6.07, 6.45) is 1.44. The Kier molecular flexibility index (Phi) is 1.58. The lowest BCUT2D eigenvalue weighted by atomic mass is 10.1. The number of aromatic nitrogens is 1. The topological polar surface area (TPSA) is 26.0 Å². The fourth-order valence-corrected chi connectivity index (χ4v) is 1.44. The largest absolute Gasteiger partial charge is 0.443 e. The molecule has 1 heterocycles. The summed E-state index contributed by atoms with van der Waals surface area (Å²) in [5, 5.41) is 0.774. The van der Waals surface area contributed by atoms with E-state index in [1.54, 1.807) is 0 Å². The minimum Gasteiger partial charge on any atom is -0.443 e. The number of rotatable bonds is 0. The second kappa shape index (κ2) is 2.49. The van der Waals surface area contributed by atoms with Crippen molar-refractivity contribution in [2.75, 3.05) is 0 Å². The van der Waals surface area contributed by atoms with Gasteiger partial charge in [0.1, 0.15) is 5.52 Å². The molecule has 0 N–H and O–H groups in total. The van der Waals surface area contributed by atoms with Gasteiger partial charge in [-0.05, 0) is 31.0 Å². The second-order valence-corrected chi connectivity index (χ2v) is 3.21. The summed E-state index contributed by atoms with van der Waals surface area (Å²) >= 11 is 6.03. The van der Waals surface area contributed by atoms with Crippen LogP contribution in [0, 0.1) is 13.8 Å². The summed E-state index contributed by atoms with van der Waals surface area (Å²) in [5.74, 6) is 0. The van der Waals surface area contributed by atoms with Crippen LogP contribution in [0.2, 0.25) is 5.02 Å². The zero-order valence-electron chi connectivity index (χ0n) is 6.89. The minimum absolute atomic E-state index is 0.774. The third-order valence-electron chi connectivity index (χ3n) is 1.97. The smallest absolute Gasteiger partial charge is 0.181 e. The highest BCUT2D eigenvalue weighted by Crippen LogP contribution is 2.27. The number of benzene rings is 1. The Bertz CT molecular complexity index is 433. The van der Waals surface area contributed by atoms with Gasteiger partial charge in [0.2, 0.25) is 0 Å². The predicted molar refractivity (Wildman–Crippen MR) is 48.5 cm³/mol. The maximum absolute atomic E-state index is 6.03. The molecule has 3 heteroatoms. The molecule has 0 fully saturated rings. The zero-order valence-corrected chi connectivity index (χ0v) is 7.64. The lowest BCUT2D eigenvalue weighted by Gasteiger charge is -2.00. The Morgan fingerprint density at radius 3 is 2.92 bits per heavy atom. The summed E-state index contributed by atoms with van der Waals surface area (Å²) in [6, 6.07) is 1.90. The lowest BCUT2D eigenvalue weighted by molar-refractivity contribution is 0.602. The van der Waals surface area contributed by atoms with E-state index in [-0.39, 0.29) is 0 Å². The molecule has 0 saturated carbocycles. The fourth-order valence-electron chi connectivity index (χ4n) is 1.30. The van der Waals surface area contributed by atoms with Crippen LogP contribution in [0.4, 0.5) is 0 Å². The van der Waals surface area contributed by atoms with E-state index < -0.39 is 0 Å². The molecule has 0 radical (unpaired) electrons. The van der Waals surface area contributed by atoms with Gasteiger partial charge in [0.15, 0.2) is 12.0 Å². The molecule has 0 atom stereocenters. The van der Waals surface area contributed by atoms with Crippen molar-refractivity contribution in [2.45, 2.75) is 13.8 Å². The quantitative estimate of drug-likeness (QED) is 0.624. The lowest BCUT2D eigenvalue weighted by Crippen LogP contribution is -1.82. The highest BCUT2D eigenvalue weighted by molar-refractivity contribution is 6.32. The van der Waals surface area contributed by atoms with Crippen LogP contribution in [0.25, 0.3) is 11.1 Å². The van der Waals surface area contributed by atoms with Crippen LogP contribution in [-0.4, -0.2) is 4.98 Å². The van der Waals surface area contributed by atoms with Crippen LogP contribution in [0.5, 0.6) is 0 Å². The first kappa shape index (κ1) is 7.62. The molecule has 2 nitrogen and oxygen atoms in total. The van der Waals surface area contributed by atoms with Crippen molar-refractivity contribution in [2.24, 2.45) is 0 Å². The summed E-state index contributed by atoms with van der Waals surface area (Å²) in [5.41, 5.74) is 3.67. The first-order valence-corrected chi connectivity index (χ1v) is 4.07. The van der Waals surface area contributed by atoms with Gasteiger partial charge in [-0.3, -0.25) is 0 Å². The van der Waals surface area contributed by atoms with E-state index in [4.69, 9.17) is 16.0 Å². The average molecular weight is 182 g/mol. The fraction of sp³-hybridized carbons (Fsp3) is 0.222. The Morgan fingerprint density at radius 2 is 2.17 bits per heavy atom. The molecule has 1 aromatic carbocycles. The third-order valence-corrected chi connectivity index (χ3v) is 2.55. The molecule has 0 aliphatic rings. The summed E-state index contributed by atoms with van der Waals surface area (Å²) in [4.78, 5) is 4.07. The maximum atomic E-state index is 6.03. The van der Waals surface area contributed by atoms with Crippen molar-refractivity contribution >= 4 is 22.7 Å². The van der Waals surface area contributed by atoms with Crippen molar-refractivity contribution in [3.8, 4) is 0 Å². The number of oxazole rings is 1. The number of hydrogen-bond donors (Lipinski definition) is 0. The Morgan fingerprint density at radius 1 is 1.42 bits per heavy atom. The molecule has 1 aromatic heterocycles. The van der Waals surface area contributed by atoms with Crippen molar-refractivity contribution in [3.05, 3.63) is 28.6 Å². The summed E-state index contributed by atoms with van der Waals surface area (Å²) in [6.45, 7) is 3.90. The van der Waals surface area contributed by atoms with Crippen LogP contribution in [-0.2, 0) is 0 Å². The number of aryl methyl sites for hydroxylation is 2. The van der Waals surface area contributed by atoms with E-state index in [9.17, 15) is 0 Å². The van der Waals surface area contributed by atoms with Crippen LogP contribution in [0.15, 0.2) is 16.9 Å². The minimum atomic E-state index is 0.774. The average Bonchev–Trinajstić information content (AvgIpc) is 2.48. The van der Waals surface area contributed by atoms with E-state index in [1.165, 1.54) is 6.39 Å². The molecule has 0 bridgehead atoms. The van der Waals surface area contributed by atoms with Gasteiger partial charge in [0.25, 0.3) is 0 Å². The highest BCUT2D eigenvalue weighted by atomic mass is 35.5. The van der Waals surface area contributed by atoms with Gasteiger partial charge < -0.3 is 4.42 Å². The van der Waals surface area contributed by atoms with Gasteiger partial charge in [-0.2, -0.15) is 0 Å². The van der Waals surface area contributed by atoms with Crippen LogP contribution < -0.4 is 0 Å². The molecule has 0 saturated heterocycles. The molecule has 2 aromatic rings. The molecular formula is C9H8ClNO. The standard InChI is InChI=1S/C9H8ClNO/c1-5-3-7-9(11-4-12-7)6(2)8(5)10/h3-4H,1-2H3. The van der Waals surface area contributed by atoms with Crippen LogP contribution in [0.3, 0.4) is 0 Å². The Hall–Kier alpha value is -1.02. The molecule has 2 rings (SSSR count). The molecule has 0 spiro atoms. The molecule has 0 unspecified atom stereocenters. The van der Waals surface area contributed by atoms with Gasteiger partial charge in [-0.1, -0.05) is 11.6 Å². The Balaban J connectivity index is 2.94. The number of nitrogens with zero attached hydrogens (tertiary/aromatic N) is 1. The summed E-state index contributed by atoms with van der Waals surface area (Å²) < 4.78 is 5.16. The van der Waals surface area contributed by atoms with Gasteiger partial charge in [-0.25, -0.2) is 4.98 Å². The monoisotopic (exact) mass is 181 g/mol. The molecular weight excluding hydrogens is 174 g/mol. The second-order valence-electron chi connectivity index (χ2n) is 2.83. The van der Waals surface area contributed by atoms with E-state index in [0.29, 0.717) is 0 Å². The molecule has 0 amide bonds. The third kappa shape index (κ3) is 0.916. The maximum Gasteiger partial charge on any atom is 0.181 e. The van der Waals surface area contributed by atoms with Gasteiger partial charge >= 0.3 is 0 Å².